The van der Waals surface area contributed by atoms with Crippen molar-refractivity contribution in [3.8, 4) is 0 Å². The van der Waals surface area contributed by atoms with E-state index in [2.05, 4.69) is 5.32 Å². The van der Waals surface area contributed by atoms with Crippen molar-refractivity contribution in [1.82, 2.24) is 0 Å². The Balaban J connectivity index is 3.20. The molecule has 0 unspecified atom stereocenters. The van der Waals surface area contributed by atoms with Crippen molar-refractivity contribution >= 4 is 24.7 Å². The van der Waals surface area contributed by atoms with Crippen LogP contribution in [-0.4, -0.2) is 19.8 Å². The van der Waals surface area contributed by atoms with E-state index in [0.29, 0.717) is 11.2 Å². The van der Waals surface area contributed by atoms with Crippen LogP contribution in [0.15, 0.2) is 18.2 Å². The third-order valence-corrected chi connectivity index (χ3v) is 1.49. The maximum Gasteiger partial charge on any atom is 0.292 e. The number of nitrogens with one attached hydrogen (secondary N) is 1. The molecule has 0 aliphatic rings. The second-order valence-corrected chi connectivity index (χ2v) is 2.28. The number of benzene rings is 1. The second-order valence-electron chi connectivity index (χ2n) is 2.28. The molecule has 1 N–H and O–H groups in total. The number of hydrogen-bond acceptors (Lipinski definition) is 3. The van der Waals surface area contributed by atoms with Gasteiger partial charge in [0, 0.05) is 13.1 Å². The standard InChI is InChI=1S/C7H7BN2O2/c1-9-6-4-5(8)2-3-7(6)10(11)12/h2-4,9H,1H3. The van der Waals surface area contributed by atoms with E-state index in [-0.39, 0.29) is 5.69 Å². The van der Waals surface area contributed by atoms with Crippen molar-refractivity contribution in [2.75, 3.05) is 12.4 Å². The molecule has 2 radical (unpaired) electrons. The Labute approximate surface area is 71.2 Å². The number of nitrogens with zero attached hydrogens (tertiary/aromatic N) is 1. The Morgan fingerprint density at radius 3 is 2.75 bits per heavy atom. The van der Waals surface area contributed by atoms with Crippen LogP contribution in [0.1, 0.15) is 0 Å². The highest BCUT2D eigenvalue weighted by molar-refractivity contribution is 6.32. The summed E-state index contributed by atoms with van der Waals surface area (Å²) in [6.45, 7) is 0. The monoisotopic (exact) mass is 162 g/mol. The van der Waals surface area contributed by atoms with Crippen molar-refractivity contribution < 1.29 is 4.92 Å². The SMILES string of the molecule is [B]c1ccc([N+](=O)[O-])c(NC)c1. The molecule has 0 aliphatic carbocycles. The molecule has 0 heterocycles. The molecule has 0 aromatic heterocycles. The highest BCUT2D eigenvalue weighted by atomic mass is 16.6. The summed E-state index contributed by atoms with van der Waals surface area (Å²) in [6.07, 6.45) is 0. The van der Waals surface area contributed by atoms with Crippen LogP contribution in [0.4, 0.5) is 11.4 Å². The molecule has 0 amide bonds. The first-order valence-electron chi connectivity index (χ1n) is 3.37. The number of anilines is 1. The molecule has 60 valence electrons. The second kappa shape index (κ2) is 3.25. The van der Waals surface area contributed by atoms with Gasteiger partial charge in [0.15, 0.2) is 0 Å². The van der Waals surface area contributed by atoms with E-state index in [1.165, 1.54) is 18.2 Å². The molecule has 0 saturated heterocycles. The average Bonchev–Trinajstić information content (AvgIpc) is 2.03. The lowest BCUT2D eigenvalue weighted by Gasteiger charge is -2.02. The fraction of sp³-hybridized carbons (Fsp3) is 0.143. The number of nitro groups is 1. The lowest BCUT2D eigenvalue weighted by atomic mass is 9.95. The maximum absolute atomic E-state index is 10.4. The molecule has 0 fully saturated rings. The zero-order valence-electron chi connectivity index (χ0n) is 6.57. The van der Waals surface area contributed by atoms with Gasteiger partial charge in [-0.25, -0.2) is 0 Å². The van der Waals surface area contributed by atoms with E-state index in [9.17, 15) is 10.1 Å². The molecule has 12 heavy (non-hydrogen) atoms. The van der Waals surface area contributed by atoms with E-state index in [1.54, 1.807) is 7.05 Å². The van der Waals surface area contributed by atoms with Crippen molar-refractivity contribution in [2.45, 2.75) is 0 Å². The van der Waals surface area contributed by atoms with Crippen LogP contribution in [-0.2, 0) is 0 Å². The molecule has 0 spiro atoms. The molecule has 1 aromatic rings. The van der Waals surface area contributed by atoms with Gasteiger partial charge in [0.2, 0.25) is 0 Å². The van der Waals surface area contributed by atoms with Crippen molar-refractivity contribution in [2.24, 2.45) is 0 Å². The fourth-order valence-corrected chi connectivity index (χ4v) is 0.913. The van der Waals surface area contributed by atoms with Gasteiger partial charge >= 0.3 is 0 Å². The lowest BCUT2D eigenvalue weighted by Crippen LogP contribution is -2.05. The van der Waals surface area contributed by atoms with Gasteiger partial charge in [-0.3, -0.25) is 10.1 Å². The van der Waals surface area contributed by atoms with Gasteiger partial charge in [-0.2, -0.15) is 0 Å². The molecular formula is C7H7BN2O2. The summed E-state index contributed by atoms with van der Waals surface area (Å²) >= 11 is 0. The summed E-state index contributed by atoms with van der Waals surface area (Å²) in [5.74, 6) is 0. The predicted molar refractivity (Wildman–Crippen MR) is 48.0 cm³/mol. The van der Waals surface area contributed by atoms with Gasteiger partial charge < -0.3 is 5.32 Å². The summed E-state index contributed by atoms with van der Waals surface area (Å²) in [5.41, 5.74) is 0.969. The van der Waals surface area contributed by atoms with Gasteiger partial charge in [0.1, 0.15) is 13.5 Å². The van der Waals surface area contributed by atoms with E-state index in [1.807, 2.05) is 0 Å². The first-order chi connectivity index (χ1) is 5.65. The minimum atomic E-state index is -0.453. The third kappa shape index (κ3) is 1.55. The van der Waals surface area contributed by atoms with Crippen LogP contribution in [0, 0.1) is 10.1 Å². The molecule has 0 saturated carbocycles. The average molecular weight is 162 g/mol. The molecule has 0 bridgehead atoms. The molecule has 0 aliphatic heterocycles. The topological polar surface area (TPSA) is 55.2 Å². The van der Waals surface area contributed by atoms with Crippen molar-refractivity contribution in [1.29, 1.82) is 0 Å². The predicted octanol–water partition coefficient (Wildman–Crippen LogP) is 0.430. The highest BCUT2D eigenvalue weighted by Crippen LogP contribution is 2.20. The minimum absolute atomic E-state index is 0.0340. The van der Waals surface area contributed by atoms with E-state index < -0.39 is 4.92 Å². The summed E-state index contributed by atoms with van der Waals surface area (Å²) in [4.78, 5) is 9.96. The Bertz CT molecular complexity index is 314. The van der Waals surface area contributed by atoms with Crippen LogP contribution < -0.4 is 10.8 Å². The Morgan fingerprint density at radius 1 is 1.58 bits per heavy atom. The van der Waals surface area contributed by atoms with Crippen LogP contribution >= 0.6 is 0 Å². The maximum atomic E-state index is 10.4. The molecule has 0 atom stereocenters. The third-order valence-electron chi connectivity index (χ3n) is 1.49. The van der Waals surface area contributed by atoms with Gasteiger partial charge in [-0.1, -0.05) is 11.5 Å². The largest absolute Gasteiger partial charge is 0.383 e. The van der Waals surface area contributed by atoms with E-state index in [4.69, 9.17) is 7.85 Å². The smallest absolute Gasteiger partial charge is 0.292 e. The van der Waals surface area contributed by atoms with Gasteiger partial charge in [-0.15, -0.1) is 0 Å². The highest BCUT2D eigenvalue weighted by Gasteiger charge is 2.10. The zero-order valence-corrected chi connectivity index (χ0v) is 6.57. The first kappa shape index (κ1) is 8.58. The first-order valence-corrected chi connectivity index (χ1v) is 3.37. The molecule has 5 heteroatoms. The molecule has 1 rings (SSSR count). The fourth-order valence-electron chi connectivity index (χ4n) is 0.913. The minimum Gasteiger partial charge on any atom is -0.383 e. The summed E-state index contributed by atoms with van der Waals surface area (Å²) in [6, 6.07) is 4.40. The number of hydrogen-bond donors (Lipinski definition) is 1. The van der Waals surface area contributed by atoms with Gasteiger partial charge in [0.25, 0.3) is 5.69 Å². The van der Waals surface area contributed by atoms with Crippen molar-refractivity contribution in [3.63, 3.8) is 0 Å². The summed E-state index contributed by atoms with van der Waals surface area (Å²) in [7, 11) is 7.05. The Hall–Kier alpha value is -1.52. The Morgan fingerprint density at radius 2 is 2.25 bits per heavy atom. The van der Waals surface area contributed by atoms with E-state index >= 15 is 0 Å². The van der Waals surface area contributed by atoms with Crippen LogP contribution in [0.25, 0.3) is 0 Å². The van der Waals surface area contributed by atoms with Crippen LogP contribution in [0.5, 0.6) is 0 Å². The molecule has 1 aromatic carbocycles. The van der Waals surface area contributed by atoms with E-state index in [0.717, 1.165) is 0 Å². The zero-order chi connectivity index (χ0) is 9.14. The van der Waals surface area contributed by atoms with Gasteiger partial charge in [0.05, 0.1) is 4.92 Å². The van der Waals surface area contributed by atoms with Gasteiger partial charge in [-0.05, 0) is 6.07 Å². The number of rotatable bonds is 2. The van der Waals surface area contributed by atoms with Crippen LogP contribution in [0.3, 0.4) is 0 Å². The molecular weight excluding hydrogens is 155 g/mol. The van der Waals surface area contributed by atoms with Crippen LogP contribution in [0.2, 0.25) is 0 Å². The normalized spacial score (nSPS) is 9.42. The summed E-state index contributed by atoms with van der Waals surface area (Å²) in [5, 5.41) is 13.1. The quantitative estimate of drug-likeness (QED) is 0.389. The summed E-state index contributed by atoms with van der Waals surface area (Å²) < 4.78 is 0. The van der Waals surface area contributed by atoms with Crippen molar-refractivity contribution in [3.05, 3.63) is 28.3 Å². The Kier molecular flexibility index (Phi) is 2.33. The number of nitro benzene ring substituents is 1. The lowest BCUT2D eigenvalue weighted by molar-refractivity contribution is -0.383. The molecule has 4 nitrogen and oxygen atoms in total.